The highest BCUT2D eigenvalue weighted by atomic mass is 32.1. The van der Waals surface area contributed by atoms with Gasteiger partial charge in [-0.15, -0.1) is 11.3 Å². The number of fused-ring (bicyclic) bond motifs is 1. The van der Waals surface area contributed by atoms with Gasteiger partial charge in [-0.1, -0.05) is 39.8 Å². The molecular weight excluding hydrogens is 462 g/mol. The van der Waals surface area contributed by atoms with Crippen molar-refractivity contribution in [2.24, 2.45) is 0 Å². The van der Waals surface area contributed by atoms with Gasteiger partial charge in [-0.05, 0) is 68.6 Å². The van der Waals surface area contributed by atoms with E-state index in [-0.39, 0.29) is 10.8 Å². The van der Waals surface area contributed by atoms with Crippen molar-refractivity contribution in [1.82, 2.24) is 10.3 Å². The fraction of sp³-hybridized carbons (Fsp3) is 0.593. The molecule has 0 unspecified atom stereocenters. The predicted octanol–water partition coefficient (Wildman–Crippen LogP) is 5.40. The molecule has 1 atom stereocenters. The lowest BCUT2D eigenvalue weighted by Gasteiger charge is -2.42. The predicted molar refractivity (Wildman–Crippen MR) is 141 cm³/mol. The van der Waals surface area contributed by atoms with Crippen LogP contribution in [0.4, 0.5) is 9.93 Å². The summed E-state index contributed by atoms with van der Waals surface area (Å²) in [6.07, 6.45) is 1.54. The molecule has 0 saturated heterocycles. The van der Waals surface area contributed by atoms with Crippen LogP contribution in [0.5, 0.6) is 0 Å². The molecule has 3 rings (SSSR count). The van der Waals surface area contributed by atoms with Crippen molar-refractivity contribution < 1.29 is 19.4 Å². The van der Waals surface area contributed by atoms with Gasteiger partial charge >= 0.3 is 6.09 Å². The number of nitrogens with zero attached hydrogens (tertiary/aromatic N) is 2. The zero-order chi connectivity index (χ0) is 26.2. The monoisotopic (exact) mass is 501 g/mol. The van der Waals surface area contributed by atoms with Gasteiger partial charge in [0.05, 0.1) is 12.3 Å². The summed E-state index contributed by atoms with van der Waals surface area (Å²) in [4.78, 5) is 31.6. The molecular formula is C27H39N3O4S. The van der Waals surface area contributed by atoms with Gasteiger partial charge in [0, 0.05) is 17.5 Å². The lowest BCUT2D eigenvalue weighted by atomic mass is 9.63. The molecule has 0 spiro atoms. The second-order valence-corrected chi connectivity index (χ2v) is 12.3. The number of hydrogen-bond acceptors (Lipinski definition) is 6. The molecule has 1 aromatic carbocycles. The number of aliphatic hydroxyl groups is 1. The van der Waals surface area contributed by atoms with Crippen molar-refractivity contribution in [1.29, 1.82) is 0 Å². The molecule has 1 aromatic heterocycles. The summed E-state index contributed by atoms with van der Waals surface area (Å²) in [6.45, 7) is 16.0. The molecule has 0 aliphatic heterocycles. The summed E-state index contributed by atoms with van der Waals surface area (Å²) in [5.41, 5.74) is 4.09. The third kappa shape index (κ3) is 6.04. The largest absolute Gasteiger partial charge is 0.444 e. The van der Waals surface area contributed by atoms with E-state index in [2.05, 4.69) is 51.2 Å². The number of aliphatic hydroxyl groups excluding tert-OH is 1. The number of aromatic nitrogens is 1. The second kappa shape index (κ2) is 9.90. The zero-order valence-corrected chi connectivity index (χ0v) is 23.0. The minimum absolute atomic E-state index is 0.0901. The van der Waals surface area contributed by atoms with Crippen LogP contribution in [0.1, 0.15) is 79.4 Å². The molecule has 0 fully saturated rings. The summed E-state index contributed by atoms with van der Waals surface area (Å²) < 4.78 is 5.23. The maximum atomic E-state index is 13.2. The molecule has 1 heterocycles. The normalized spacial score (nSPS) is 17.3. The number of amides is 2. The van der Waals surface area contributed by atoms with E-state index in [1.54, 1.807) is 20.8 Å². The Hall–Kier alpha value is -2.45. The van der Waals surface area contributed by atoms with Crippen LogP contribution in [0.3, 0.4) is 0 Å². The Labute approximate surface area is 212 Å². The van der Waals surface area contributed by atoms with Crippen LogP contribution in [-0.4, -0.2) is 46.9 Å². The first-order valence-electron chi connectivity index (χ1n) is 12.2. The number of thiazole rings is 1. The Bertz CT molecular complexity index is 1080. The lowest BCUT2D eigenvalue weighted by Crippen LogP contribution is -2.51. The molecule has 35 heavy (non-hydrogen) atoms. The third-order valence-corrected chi connectivity index (χ3v) is 7.49. The number of alkyl carbamates (subject to hydrolysis) is 1. The Balaban J connectivity index is 1.85. The summed E-state index contributed by atoms with van der Waals surface area (Å²) >= 11 is 1.37. The maximum Gasteiger partial charge on any atom is 0.408 e. The number of nitrogens with one attached hydrogen (secondary N) is 1. The number of carbonyl (C=O) groups is 2. The Morgan fingerprint density at radius 1 is 1.17 bits per heavy atom. The Morgan fingerprint density at radius 3 is 2.37 bits per heavy atom. The van der Waals surface area contributed by atoms with Crippen LogP contribution in [0.25, 0.3) is 11.3 Å². The molecule has 1 aliphatic rings. The van der Waals surface area contributed by atoms with Gasteiger partial charge in [-0.25, -0.2) is 9.78 Å². The summed E-state index contributed by atoms with van der Waals surface area (Å²) in [6, 6.07) is 5.46. The Morgan fingerprint density at radius 2 is 1.80 bits per heavy atom. The van der Waals surface area contributed by atoms with Crippen LogP contribution < -0.4 is 10.2 Å². The number of carbonyl (C=O) groups excluding carboxylic acids is 2. The van der Waals surface area contributed by atoms with Gasteiger partial charge < -0.3 is 15.2 Å². The quantitative estimate of drug-likeness (QED) is 0.553. The summed E-state index contributed by atoms with van der Waals surface area (Å²) in [5, 5.41) is 14.7. The fourth-order valence-corrected chi connectivity index (χ4v) is 5.38. The van der Waals surface area contributed by atoms with Crippen molar-refractivity contribution in [3.63, 3.8) is 0 Å². The molecule has 0 saturated carbocycles. The van der Waals surface area contributed by atoms with Crippen molar-refractivity contribution in [2.45, 2.75) is 90.7 Å². The fourth-order valence-electron chi connectivity index (χ4n) is 4.48. The van der Waals surface area contributed by atoms with Gasteiger partial charge in [0.25, 0.3) is 5.91 Å². The number of benzene rings is 1. The third-order valence-electron chi connectivity index (χ3n) is 6.63. The summed E-state index contributed by atoms with van der Waals surface area (Å²) in [7, 11) is 0. The standard InChI is InChI=1S/C27H39N3O4S/c1-9-30(22(32)20(15-31)29-24(33)34-25(2,3)4)23-28-21(16-35-23)17-10-11-18-19(14-17)27(7,8)13-12-26(18,5)6/h10-11,14,16,20,31H,9,12-13,15H2,1-8H3,(H,29,33)/t20-/m0/s1. The zero-order valence-electron chi connectivity index (χ0n) is 22.2. The summed E-state index contributed by atoms with van der Waals surface area (Å²) in [5.74, 6) is -0.435. The van der Waals surface area contributed by atoms with Gasteiger partial charge in [-0.2, -0.15) is 0 Å². The SMILES string of the molecule is CCN(C(=O)[C@H](CO)NC(=O)OC(C)(C)C)c1nc(-c2ccc3c(c2)C(C)(C)CCC3(C)C)cs1. The number of rotatable bonds is 6. The van der Waals surface area contributed by atoms with E-state index < -0.39 is 30.3 Å². The molecule has 1 aliphatic carbocycles. The van der Waals surface area contributed by atoms with Gasteiger partial charge in [0.2, 0.25) is 0 Å². The van der Waals surface area contributed by atoms with E-state index in [0.29, 0.717) is 11.7 Å². The van der Waals surface area contributed by atoms with Crippen LogP contribution in [0.2, 0.25) is 0 Å². The van der Waals surface area contributed by atoms with E-state index >= 15 is 0 Å². The minimum Gasteiger partial charge on any atom is -0.444 e. The molecule has 0 radical (unpaired) electrons. The van der Waals surface area contributed by atoms with Crippen molar-refractivity contribution in [3.8, 4) is 11.3 Å². The smallest absolute Gasteiger partial charge is 0.408 e. The first kappa shape index (κ1) is 27.1. The molecule has 8 heteroatoms. The van der Waals surface area contributed by atoms with Crippen molar-refractivity contribution in [3.05, 3.63) is 34.7 Å². The van der Waals surface area contributed by atoms with Gasteiger partial charge in [0.1, 0.15) is 11.6 Å². The van der Waals surface area contributed by atoms with Crippen LogP contribution in [0.15, 0.2) is 23.6 Å². The molecule has 2 amide bonds. The highest BCUT2D eigenvalue weighted by Gasteiger charge is 2.37. The second-order valence-electron chi connectivity index (χ2n) is 11.5. The molecule has 192 valence electrons. The topological polar surface area (TPSA) is 91.8 Å². The molecule has 2 N–H and O–H groups in total. The lowest BCUT2D eigenvalue weighted by molar-refractivity contribution is -0.121. The number of hydrogen-bond donors (Lipinski definition) is 2. The highest BCUT2D eigenvalue weighted by Crippen LogP contribution is 2.46. The van der Waals surface area contributed by atoms with E-state index in [9.17, 15) is 14.7 Å². The van der Waals surface area contributed by atoms with Crippen LogP contribution >= 0.6 is 11.3 Å². The van der Waals surface area contributed by atoms with Crippen LogP contribution in [0, 0.1) is 0 Å². The maximum absolute atomic E-state index is 13.2. The highest BCUT2D eigenvalue weighted by molar-refractivity contribution is 7.14. The average Bonchev–Trinajstić information content (AvgIpc) is 3.24. The molecule has 7 nitrogen and oxygen atoms in total. The van der Waals surface area contributed by atoms with E-state index in [4.69, 9.17) is 9.72 Å². The first-order valence-corrected chi connectivity index (χ1v) is 13.1. The van der Waals surface area contributed by atoms with Crippen LogP contribution in [-0.2, 0) is 20.4 Å². The minimum atomic E-state index is -1.12. The number of ether oxygens (including phenoxy) is 1. The van der Waals surface area contributed by atoms with E-state index in [1.807, 2.05) is 12.3 Å². The van der Waals surface area contributed by atoms with Crippen molar-refractivity contribution in [2.75, 3.05) is 18.1 Å². The number of anilines is 1. The van der Waals surface area contributed by atoms with Gasteiger partial charge in [0.15, 0.2) is 5.13 Å². The molecule has 2 aromatic rings. The van der Waals surface area contributed by atoms with Gasteiger partial charge in [-0.3, -0.25) is 9.69 Å². The molecule has 0 bridgehead atoms. The van der Waals surface area contributed by atoms with E-state index in [1.165, 1.54) is 27.4 Å². The first-order chi connectivity index (χ1) is 16.2. The number of likely N-dealkylation sites (N-methyl/N-ethyl adjacent to an activating group) is 1. The van der Waals surface area contributed by atoms with E-state index in [0.717, 1.165) is 24.1 Å². The Kier molecular flexibility index (Phi) is 7.67. The van der Waals surface area contributed by atoms with Crippen molar-refractivity contribution >= 4 is 28.5 Å². The average molecular weight is 502 g/mol.